The molecule has 1 rings (SSSR count). The van der Waals surface area contributed by atoms with E-state index >= 15 is 0 Å². The van der Waals surface area contributed by atoms with E-state index in [0.29, 0.717) is 6.54 Å². The number of nitrogens with zero attached hydrogens (tertiary/aromatic N) is 1. The van der Waals surface area contributed by atoms with Crippen LogP contribution in [0.25, 0.3) is 0 Å². The number of carbonyl (C=O) groups excluding carboxylic acids is 2. The van der Waals surface area contributed by atoms with E-state index in [1.165, 1.54) is 95.6 Å². The fourth-order valence-electron chi connectivity index (χ4n) is 3.86. The Morgan fingerprint density at radius 1 is 0.710 bits per heavy atom. The minimum absolute atomic E-state index is 0.551. The second-order valence-corrected chi connectivity index (χ2v) is 9.83. The Morgan fingerprint density at radius 3 is 1.58 bits per heavy atom. The van der Waals surface area contributed by atoms with Gasteiger partial charge in [0.15, 0.2) is 0 Å². The first-order chi connectivity index (χ1) is 15.2. The van der Waals surface area contributed by atoms with Crippen LogP contribution >= 0.6 is 11.9 Å². The maximum Gasteiger partial charge on any atom is 0.309 e. The van der Waals surface area contributed by atoms with E-state index in [-0.39, 0.29) is 0 Å². The first kappa shape index (κ1) is 28.2. The van der Waals surface area contributed by atoms with Crippen LogP contribution < -0.4 is 11.1 Å². The van der Waals surface area contributed by atoms with Gasteiger partial charge in [0.2, 0.25) is 0 Å². The lowest BCUT2D eigenvalue weighted by Gasteiger charge is -2.25. The van der Waals surface area contributed by atoms with E-state index in [4.69, 9.17) is 10.5 Å². The van der Waals surface area contributed by atoms with Crippen molar-refractivity contribution in [3.63, 3.8) is 0 Å². The molecule has 0 aromatic heterocycles. The third-order valence-electron chi connectivity index (χ3n) is 5.82. The van der Waals surface area contributed by atoms with Gasteiger partial charge >= 0.3 is 11.8 Å². The average Bonchev–Trinajstić information content (AvgIpc) is 2.78. The van der Waals surface area contributed by atoms with Gasteiger partial charge in [0.25, 0.3) is 0 Å². The summed E-state index contributed by atoms with van der Waals surface area (Å²) in [7, 11) is 0. The van der Waals surface area contributed by atoms with E-state index in [2.05, 4.69) is 9.62 Å². The van der Waals surface area contributed by atoms with E-state index in [1.807, 2.05) is 11.9 Å². The second-order valence-electron chi connectivity index (χ2n) is 8.65. The van der Waals surface area contributed by atoms with Gasteiger partial charge in [-0.1, -0.05) is 102 Å². The fourth-order valence-corrected chi connectivity index (χ4v) is 4.86. The third-order valence-corrected chi connectivity index (χ3v) is 7.03. The molecular weight excluding hydrogens is 410 g/mol. The van der Waals surface area contributed by atoms with Gasteiger partial charge in [0.05, 0.1) is 13.2 Å². The van der Waals surface area contributed by atoms with Gasteiger partial charge in [-0.3, -0.25) is 9.59 Å². The predicted octanol–water partition coefficient (Wildman–Crippen LogP) is 4.81. The molecule has 1 aliphatic rings. The summed E-state index contributed by atoms with van der Waals surface area (Å²) in [6.07, 6.45) is 21.1. The van der Waals surface area contributed by atoms with Crippen LogP contribution in [0.15, 0.2) is 0 Å². The summed E-state index contributed by atoms with van der Waals surface area (Å²) in [5.41, 5.74) is 4.88. The quantitative estimate of drug-likeness (QED) is 0.156. The third kappa shape index (κ3) is 18.5. The maximum atomic E-state index is 11.0. The minimum Gasteiger partial charge on any atom is -0.379 e. The number of morpholine rings is 1. The van der Waals surface area contributed by atoms with Crippen LogP contribution in [-0.4, -0.2) is 54.7 Å². The van der Waals surface area contributed by atoms with Crippen LogP contribution in [0.4, 0.5) is 0 Å². The van der Waals surface area contributed by atoms with Crippen molar-refractivity contribution in [3.05, 3.63) is 0 Å². The highest BCUT2D eigenvalue weighted by atomic mass is 32.2. The van der Waals surface area contributed by atoms with Crippen LogP contribution in [-0.2, 0) is 14.3 Å². The van der Waals surface area contributed by atoms with Crippen molar-refractivity contribution < 1.29 is 14.3 Å². The molecule has 0 unspecified atom stereocenters. The van der Waals surface area contributed by atoms with E-state index in [9.17, 15) is 9.59 Å². The molecule has 1 heterocycles. The normalized spacial score (nSPS) is 14.6. The Labute approximate surface area is 194 Å². The zero-order valence-electron chi connectivity index (χ0n) is 19.7. The van der Waals surface area contributed by atoms with Gasteiger partial charge < -0.3 is 15.8 Å². The largest absolute Gasteiger partial charge is 0.379 e. The van der Waals surface area contributed by atoms with Crippen LogP contribution in [0.2, 0.25) is 0 Å². The SMILES string of the molecule is NC(=O)C(=O)NCCCCCCCCCCCCCCCCCCSN1CCOCC1. The van der Waals surface area contributed by atoms with Gasteiger partial charge in [-0.2, -0.15) is 0 Å². The van der Waals surface area contributed by atoms with E-state index < -0.39 is 11.8 Å². The lowest BCUT2D eigenvalue weighted by Crippen LogP contribution is -2.36. The topological polar surface area (TPSA) is 84.7 Å². The summed E-state index contributed by atoms with van der Waals surface area (Å²) in [4.78, 5) is 21.6. The van der Waals surface area contributed by atoms with E-state index in [1.54, 1.807) is 0 Å². The highest BCUT2D eigenvalue weighted by Crippen LogP contribution is 2.16. The number of amides is 2. The van der Waals surface area contributed by atoms with Crippen molar-refractivity contribution in [1.82, 2.24) is 9.62 Å². The first-order valence-corrected chi connectivity index (χ1v) is 13.7. The zero-order chi connectivity index (χ0) is 22.4. The molecule has 0 atom stereocenters. The average molecular weight is 458 g/mol. The maximum absolute atomic E-state index is 11.0. The monoisotopic (exact) mass is 457 g/mol. The highest BCUT2D eigenvalue weighted by molar-refractivity contribution is 7.97. The summed E-state index contributed by atoms with van der Waals surface area (Å²) < 4.78 is 7.84. The fraction of sp³-hybridized carbons (Fsp3) is 0.917. The Kier molecular flexibility index (Phi) is 19.2. The Bertz CT molecular complexity index is 446. The molecule has 182 valence electrons. The number of nitrogens with two attached hydrogens (primary N) is 1. The number of primary amides is 1. The lowest BCUT2D eigenvalue weighted by atomic mass is 10.0. The summed E-state index contributed by atoms with van der Waals surface area (Å²) in [6, 6.07) is 0. The summed E-state index contributed by atoms with van der Waals surface area (Å²) >= 11 is 2.01. The Morgan fingerprint density at radius 2 is 1.13 bits per heavy atom. The number of unbranched alkanes of at least 4 members (excludes halogenated alkanes) is 15. The Balaban J connectivity index is 1.66. The van der Waals surface area contributed by atoms with E-state index in [0.717, 1.165) is 39.1 Å². The standard InChI is InChI=1S/C24H47N3O3S/c25-23(28)24(29)26-17-15-13-11-9-7-5-3-1-2-4-6-8-10-12-14-16-22-31-27-18-20-30-21-19-27/h1-22H2,(H2,25,28)(H,26,29). The molecule has 2 amide bonds. The van der Waals surface area contributed by atoms with Gasteiger partial charge in [-0.15, -0.1) is 0 Å². The minimum atomic E-state index is -0.898. The lowest BCUT2D eigenvalue weighted by molar-refractivity contribution is -0.137. The van der Waals surface area contributed by atoms with Crippen LogP contribution in [0.3, 0.4) is 0 Å². The number of hydrogen-bond donors (Lipinski definition) is 2. The van der Waals surface area contributed by atoms with Crippen molar-refractivity contribution in [3.8, 4) is 0 Å². The second kappa shape index (κ2) is 21.1. The van der Waals surface area contributed by atoms with Crippen LogP contribution in [0, 0.1) is 0 Å². The van der Waals surface area contributed by atoms with Gasteiger partial charge in [-0.05, 0) is 12.8 Å². The molecule has 0 bridgehead atoms. The molecule has 0 aliphatic carbocycles. The van der Waals surface area contributed by atoms with Gasteiger partial charge in [0.1, 0.15) is 0 Å². The van der Waals surface area contributed by atoms with Crippen molar-refractivity contribution in [2.75, 3.05) is 38.6 Å². The van der Waals surface area contributed by atoms with Crippen LogP contribution in [0.5, 0.6) is 0 Å². The number of hydrogen-bond acceptors (Lipinski definition) is 5. The number of nitrogens with one attached hydrogen (secondary N) is 1. The molecular formula is C24H47N3O3S. The molecule has 0 saturated carbocycles. The van der Waals surface area contributed by atoms with Crippen molar-refractivity contribution >= 4 is 23.8 Å². The van der Waals surface area contributed by atoms with Gasteiger partial charge in [-0.25, -0.2) is 4.31 Å². The molecule has 1 saturated heterocycles. The van der Waals surface area contributed by atoms with Crippen molar-refractivity contribution in [2.45, 2.75) is 103 Å². The molecule has 1 aliphatic heterocycles. The molecule has 0 radical (unpaired) electrons. The molecule has 31 heavy (non-hydrogen) atoms. The molecule has 0 spiro atoms. The molecule has 1 fully saturated rings. The number of rotatable bonds is 20. The molecule has 0 aromatic rings. The molecule has 0 aromatic carbocycles. The molecule has 3 N–H and O–H groups in total. The summed E-state index contributed by atoms with van der Waals surface area (Å²) in [5.74, 6) is -0.297. The number of ether oxygens (including phenoxy) is 1. The summed E-state index contributed by atoms with van der Waals surface area (Å²) in [5, 5.41) is 2.53. The number of carbonyl (C=O) groups is 2. The van der Waals surface area contributed by atoms with Crippen molar-refractivity contribution in [1.29, 1.82) is 0 Å². The Hall–Kier alpha value is -0.790. The first-order valence-electron chi connectivity index (χ1n) is 12.7. The predicted molar refractivity (Wildman–Crippen MR) is 131 cm³/mol. The smallest absolute Gasteiger partial charge is 0.309 e. The summed E-state index contributed by atoms with van der Waals surface area (Å²) in [6.45, 7) is 4.53. The molecule has 6 nitrogen and oxygen atoms in total. The van der Waals surface area contributed by atoms with Crippen LogP contribution in [0.1, 0.15) is 103 Å². The van der Waals surface area contributed by atoms with Gasteiger partial charge in [0, 0.05) is 25.4 Å². The highest BCUT2D eigenvalue weighted by Gasteiger charge is 2.09. The van der Waals surface area contributed by atoms with Crippen molar-refractivity contribution in [2.24, 2.45) is 5.73 Å². The zero-order valence-corrected chi connectivity index (χ0v) is 20.5. The molecule has 7 heteroatoms.